The molecule has 1 heterocycles. The van der Waals surface area contributed by atoms with Crippen molar-refractivity contribution in [2.45, 2.75) is 6.92 Å². The Morgan fingerprint density at radius 2 is 1.52 bits per heavy atom. The summed E-state index contributed by atoms with van der Waals surface area (Å²) >= 11 is 6.13. The number of hydrogen-bond acceptors (Lipinski definition) is 3. The highest BCUT2D eigenvalue weighted by Gasteiger charge is 2.18. The maximum absolute atomic E-state index is 6.13. The summed E-state index contributed by atoms with van der Waals surface area (Å²) in [4.78, 5) is 4.81. The molecule has 0 aliphatic carbocycles. The quantitative estimate of drug-likeness (QED) is 0.861. The Hall–Kier alpha value is -1.87. The number of hydrogen-bond donors (Lipinski definition) is 1. The number of nitrogens with two attached hydrogens (primary N) is 1. The lowest BCUT2D eigenvalue weighted by Crippen LogP contribution is -2.46. The van der Waals surface area contributed by atoms with Gasteiger partial charge in [0.15, 0.2) is 0 Å². The van der Waals surface area contributed by atoms with Crippen LogP contribution in [-0.2, 0) is 0 Å². The third kappa shape index (κ3) is 3.08. The summed E-state index contributed by atoms with van der Waals surface area (Å²) in [5.41, 5.74) is 10.3. The molecule has 2 N–H and O–H groups in total. The molecular formula is C17H20ClN3. The summed E-state index contributed by atoms with van der Waals surface area (Å²) in [5, 5.41) is 0.802. The fourth-order valence-electron chi connectivity index (χ4n) is 2.81. The maximum atomic E-state index is 6.13. The van der Waals surface area contributed by atoms with E-state index in [1.807, 2.05) is 18.2 Å². The third-order valence-corrected chi connectivity index (χ3v) is 4.28. The van der Waals surface area contributed by atoms with Gasteiger partial charge in [-0.05, 0) is 48.9 Å². The van der Waals surface area contributed by atoms with Gasteiger partial charge >= 0.3 is 0 Å². The first kappa shape index (κ1) is 14.1. The molecule has 110 valence electrons. The van der Waals surface area contributed by atoms with E-state index in [-0.39, 0.29) is 0 Å². The second-order valence-electron chi connectivity index (χ2n) is 5.50. The largest absolute Gasteiger partial charge is 0.399 e. The van der Waals surface area contributed by atoms with Crippen LogP contribution in [0.15, 0.2) is 42.5 Å². The molecule has 0 bridgehead atoms. The van der Waals surface area contributed by atoms with Crippen LogP contribution in [0, 0.1) is 6.92 Å². The van der Waals surface area contributed by atoms with Crippen molar-refractivity contribution in [2.75, 3.05) is 41.7 Å². The van der Waals surface area contributed by atoms with E-state index in [4.69, 9.17) is 17.3 Å². The van der Waals surface area contributed by atoms with Crippen LogP contribution in [0.3, 0.4) is 0 Å². The summed E-state index contributed by atoms with van der Waals surface area (Å²) in [5.74, 6) is 0. The van der Waals surface area contributed by atoms with Crippen molar-refractivity contribution >= 4 is 28.7 Å². The van der Waals surface area contributed by atoms with Gasteiger partial charge in [-0.25, -0.2) is 0 Å². The molecular weight excluding hydrogens is 282 g/mol. The average Bonchev–Trinajstić information content (AvgIpc) is 2.51. The Balaban J connectivity index is 1.70. The number of nitrogens with zero attached hydrogens (tertiary/aromatic N) is 2. The Bertz CT molecular complexity index is 616. The fourth-order valence-corrected chi connectivity index (χ4v) is 2.98. The van der Waals surface area contributed by atoms with E-state index >= 15 is 0 Å². The average molecular weight is 302 g/mol. The van der Waals surface area contributed by atoms with Gasteiger partial charge in [-0.3, -0.25) is 0 Å². The van der Waals surface area contributed by atoms with Crippen molar-refractivity contribution in [3.05, 3.63) is 53.1 Å². The van der Waals surface area contributed by atoms with Gasteiger partial charge in [-0.15, -0.1) is 0 Å². The number of benzene rings is 2. The molecule has 4 heteroatoms. The number of anilines is 3. The van der Waals surface area contributed by atoms with Gasteiger partial charge in [-0.2, -0.15) is 0 Å². The van der Waals surface area contributed by atoms with Crippen molar-refractivity contribution in [3.63, 3.8) is 0 Å². The van der Waals surface area contributed by atoms with Crippen molar-refractivity contribution in [1.29, 1.82) is 0 Å². The number of aryl methyl sites for hydroxylation is 1. The van der Waals surface area contributed by atoms with E-state index in [1.165, 1.54) is 16.9 Å². The highest BCUT2D eigenvalue weighted by Crippen LogP contribution is 2.26. The Morgan fingerprint density at radius 1 is 0.905 bits per heavy atom. The highest BCUT2D eigenvalue weighted by atomic mass is 35.5. The van der Waals surface area contributed by atoms with Crippen molar-refractivity contribution in [2.24, 2.45) is 0 Å². The highest BCUT2D eigenvalue weighted by molar-refractivity contribution is 6.30. The lowest BCUT2D eigenvalue weighted by molar-refractivity contribution is 0.652. The molecule has 3 nitrogen and oxygen atoms in total. The Morgan fingerprint density at radius 3 is 2.19 bits per heavy atom. The number of rotatable bonds is 2. The van der Waals surface area contributed by atoms with Crippen LogP contribution in [0.25, 0.3) is 0 Å². The molecule has 0 atom stereocenters. The monoisotopic (exact) mass is 301 g/mol. The summed E-state index contributed by atoms with van der Waals surface area (Å²) in [6, 6.07) is 14.2. The van der Waals surface area contributed by atoms with Crippen LogP contribution >= 0.6 is 11.6 Å². The summed E-state index contributed by atoms with van der Waals surface area (Å²) in [6.07, 6.45) is 0. The molecule has 21 heavy (non-hydrogen) atoms. The summed E-state index contributed by atoms with van der Waals surface area (Å²) < 4.78 is 0. The SMILES string of the molecule is Cc1ccc(Cl)cc1N1CCN(c2ccc(N)cc2)CC1. The lowest BCUT2D eigenvalue weighted by atomic mass is 10.1. The minimum Gasteiger partial charge on any atom is -0.399 e. The van der Waals surface area contributed by atoms with Crippen molar-refractivity contribution in [3.8, 4) is 0 Å². The molecule has 0 radical (unpaired) electrons. The second-order valence-corrected chi connectivity index (χ2v) is 5.93. The van der Waals surface area contributed by atoms with Gasteiger partial charge in [0.1, 0.15) is 0 Å². The van der Waals surface area contributed by atoms with E-state index in [0.717, 1.165) is 36.9 Å². The van der Waals surface area contributed by atoms with E-state index in [0.29, 0.717) is 0 Å². The molecule has 0 spiro atoms. The molecule has 0 amide bonds. The van der Waals surface area contributed by atoms with Crippen LogP contribution in [-0.4, -0.2) is 26.2 Å². The maximum Gasteiger partial charge on any atom is 0.0426 e. The molecule has 0 unspecified atom stereocenters. The minimum atomic E-state index is 0.802. The number of nitrogen functional groups attached to an aromatic ring is 1. The normalized spacial score (nSPS) is 15.3. The van der Waals surface area contributed by atoms with Gasteiger partial charge in [0.25, 0.3) is 0 Å². The molecule has 1 fully saturated rings. The molecule has 2 aromatic rings. The zero-order valence-corrected chi connectivity index (χ0v) is 13.0. The molecule has 1 aliphatic rings. The van der Waals surface area contributed by atoms with E-state index in [2.05, 4.69) is 41.0 Å². The third-order valence-electron chi connectivity index (χ3n) is 4.05. The Labute approximate surface area is 130 Å². The first-order valence-corrected chi connectivity index (χ1v) is 7.63. The lowest BCUT2D eigenvalue weighted by Gasteiger charge is -2.38. The van der Waals surface area contributed by atoms with Crippen LogP contribution in [0.2, 0.25) is 5.02 Å². The van der Waals surface area contributed by atoms with Crippen molar-refractivity contribution < 1.29 is 0 Å². The van der Waals surface area contributed by atoms with Gasteiger partial charge in [0.05, 0.1) is 0 Å². The summed E-state index contributed by atoms with van der Waals surface area (Å²) in [7, 11) is 0. The molecule has 2 aromatic carbocycles. The van der Waals surface area contributed by atoms with Crippen LogP contribution in [0.1, 0.15) is 5.56 Å². The molecule has 1 saturated heterocycles. The fraction of sp³-hybridized carbons (Fsp3) is 0.294. The molecule has 0 aromatic heterocycles. The second kappa shape index (κ2) is 5.86. The van der Waals surface area contributed by atoms with Gasteiger partial charge in [0, 0.05) is 48.3 Å². The summed E-state index contributed by atoms with van der Waals surface area (Å²) in [6.45, 7) is 6.17. The van der Waals surface area contributed by atoms with Crippen molar-refractivity contribution in [1.82, 2.24) is 0 Å². The van der Waals surface area contributed by atoms with Gasteiger partial charge in [-0.1, -0.05) is 17.7 Å². The number of halogens is 1. The molecule has 3 rings (SSSR count). The zero-order chi connectivity index (χ0) is 14.8. The van der Waals surface area contributed by atoms with Crippen LogP contribution < -0.4 is 15.5 Å². The minimum absolute atomic E-state index is 0.802. The smallest absolute Gasteiger partial charge is 0.0426 e. The van der Waals surface area contributed by atoms with Gasteiger partial charge < -0.3 is 15.5 Å². The van der Waals surface area contributed by atoms with Crippen LogP contribution in [0.4, 0.5) is 17.1 Å². The Kier molecular flexibility index (Phi) is 3.93. The van der Waals surface area contributed by atoms with E-state index in [1.54, 1.807) is 0 Å². The molecule has 0 saturated carbocycles. The zero-order valence-electron chi connectivity index (χ0n) is 12.2. The standard InChI is InChI=1S/C17H20ClN3/c1-13-2-3-14(18)12-17(13)21-10-8-20(9-11-21)16-6-4-15(19)5-7-16/h2-7,12H,8-11,19H2,1H3. The number of piperazine rings is 1. The predicted octanol–water partition coefficient (Wildman–Crippen LogP) is 3.56. The van der Waals surface area contributed by atoms with Crippen LogP contribution in [0.5, 0.6) is 0 Å². The first-order chi connectivity index (χ1) is 10.1. The van der Waals surface area contributed by atoms with E-state index < -0.39 is 0 Å². The van der Waals surface area contributed by atoms with Gasteiger partial charge in [0.2, 0.25) is 0 Å². The topological polar surface area (TPSA) is 32.5 Å². The van der Waals surface area contributed by atoms with E-state index in [9.17, 15) is 0 Å². The first-order valence-electron chi connectivity index (χ1n) is 7.25. The molecule has 1 aliphatic heterocycles. The predicted molar refractivity (Wildman–Crippen MR) is 91.5 cm³/mol.